The number of hydrogen-bond acceptors (Lipinski definition) is 5. The molecule has 1 aromatic carbocycles. The fourth-order valence-electron chi connectivity index (χ4n) is 1.89. The lowest BCUT2D eigenvalue weighted by atomic mass is 10.2. The zero-order chi connectivity index (χ0) is 15.7. The van der Waals surface area contributed by atoms with E-state index in [9.17, 15) is 14.9 Å². The van der Waals surface area contributed by atoms with Crippen LogP contribution in [0.5, 0.6) is 5.75 Å². The second-order valence-electron chi connectivity index (χ2n) is 4.67. The van der Waals surface area contributed by atoms with Crippen molar-refractivity contribution in [2.75, 3.05) is 13.2 Å². The molecule has 0 N–H and O–H groups in total. The molecule has 0 aliphatic rings. The number of nitro groups is 1. The SMILES string of the molecule is CCOC(=O)CCCCCOc1ccc([N+](=O)[O-])c(C)c1. The van der Waals surface area contributed by atoms with Gasteiger partial charge < -0.3 is 9.47 Å². The number of esters is 1. The Hall–Kier alpha value is -2.11. The van der Waals surface area contributed by atoms with E-state index in [0.29, 0.717) is 30.9 Å². The first-order valence-electron chi connectivity index (χ1n) is 7.08. The molecule has 6 heteroatoms. The highest BCUT2D eigenvalue weighted by atomic mass is 16.6. The first-order valence-corrected chi connectivity index (χ1v) is 7.08. The highest BCUT2D eigenvalue weighted by Crippen LogP contribution is 2.23. The Balaban J connectivity index is 2.23. The van der Waals surface area contributed by atoms with Gasteiger partial charge in [-0.1, -0.05) is 0 Å². The third-order valence-corrected chi connectivity index (χ3v) is 2.96. The maximum Gasteiger partial charge on any atom is 0.305 e. The van der Waals surface area contributed by atoms with Gasteiger partial charge in [0.25, 0.3) is 5.69 Å². The second-order valence-corrected chi connectivity index (χ2v) is 4.67. The van der Waals surface area contributed by atoms with E-state index in [1.807, 2.05) is 0 Å². The van der Waals surface area contributed by atoms with E-state index >= 15 is 0 Å². The standard InChI is InChI=1S/C15H21NO5/c1-3-20-15(17)7-5-4-6-10-21-13-8-9-14(16(18)19)12(2)11-13/h8-9,11H,3-7,10H2,1-2H3. The summed E-state index contributed by atoms with van der Waals surface area (Å²) >= 11 is 0. The summed E-state index contributed by atoms with van der Waals surface area (Å²) in [5, 5.41) is 10.7. The van der Waals surface area contributed by atoms with Crippen LogP contribution < -0.4 is 4.74 Å². The number of carbonyl (C=O) groups is 1. The minimum Gasteiger partial charge on any atom is -0.494 e. The van der Waals surface area contributed by atoms with Gasteiger partial charge in [-0.05, 0) is 45.2 Å². The third kappa shape index (κ3) is 6.25. The molecule has 1 aromatic rings. The third-order valence-electron chi connectivity index (χ3n) is 2.96. The van der Waals surface area contributed by atoms with E-state index in [4.69, 9.17) is 9.47 Å². The Morgan fingerprint density at radius 2 is 2.05 bits per heavy atom. The smallest absolute Gasteiger partial charge is 0.305 e. The fourth-order valence-corrected chi connectivity index (χ4v) is 1.89. The molecule has 0 amide bonds. The zero-order valence-corrected chi connectivity index (χ0v) is 12.5. The number of nitro benzene ring substituents is 1. The number of unbranched alkanes of at least 4 members (excludes halogenated alkanes) is 2. The van der Waals surface area contributed by atoms with Gasteiger partial charge in [-0.25, -0.2) is 0 Å². The van der Waals surface area contributed by atoms with Crippen LogP contribution in [0.25, 0.3) is 0 Å². The minimum atomic E-state index is -0.408. The van der Waals surface area contributed by atoms with Crippen LogP contribution in [0.3, 0.4) is 0 Å². The molecule has 0 unspecified atom stereocenters. The molecule has 0 spiro atoms. The van der Waals surface area contributed by atoms with Crippen molar-refractivity contribution in [3.63, 3.8) is 0 Å². The summed E-state index contributed by atoms with van der Waals surface area (Å²) in [4.78, 5) is 21.4. The van der Waals surface area contributed by atoms with Gasteiger partial charge in [0.05, 0.1) is 18.1 Å². The lowest BCUT2D eigenvalue weighted by molar-refractivity contribution is -0.385. The second kappa shape index (κ2) is 8.94. The molecule has 0 saturated heterocycles. The van der Waals surface area contributed by atoms with E-state index in [1.54, 1.807) is 26.0 Å². The molecule has 0 aliphatic carbocycles. The highest BCUT2D eigenvalue weighted by molar-refractivity contribution is 5.69. The lowest BCUT2D eigenvalue weighted by Gasteiger charge is -2.07. The summed E-state index contributed by atoms with van der Waals surface area (Å²) < 4.78 is 10.4. The summed E-state index contributed by atoms with van der Waals surface area (Å²) in [6, 6.07) is 4.71. The normalized spacial score (nSPS) is 10.2. The summed E-state index contributed by atoms with van der Waals surface area (Å²) in [6.45, 7) is 4.42. The highest BCUT2D eigenvalue weighted by Gasteiger charge is 2.10. The van der Waals surface area contributed by atoms with E-state index in [2.05, 4.69) is 0 Å². The van der Waals surface area contributed by atoms with Crippen molar-refractivity contribution >= 4 is 11.7 Å². The van der Waals surface area contributed by atoms with Gasteiger partial charge in [0.15, 0.2) is 0 Å². The summed E-state index contributed by atoms with van der Waals surface area (Å²) in [7, 11) is 0. The number of carbonyl (C=O) groups excluding carboxylic acids is 1. The maximum atomic E-state index is 11.1. The molecule has 0 aliphatic heterocycles. The molecule has 0 heterocycles. The minimum absolute atomic E-state index is 0.0942. The van der Waals surface area contributed by atoms with Crippen LogP contribution >= 0.6 is 0 Å². The van der Waals surface area contributed by atoms with Gasteiger partial charge >= 0.3 is 5.97 Å². The van der Waals surface area contributed by atoms with Crippen molar-refractivity contribution < 1.29 is 19.2 Å². The van der Waals surface area contributed by atoms with E-state index in [1.165, 1.54) is 6.07 Å². The number of benzene rings is 1. The van der Waals surface area contributed by atoms with Crippen LogP contribution in [-0.2, 0) is 9.53 Å². The molecule has 0 atom stereocenters. The van der Waals surface area contributed by atoms with Crippen molar-refractivity contribution in [2.24, 2.45) is 0 Å². The molecular weight excluding hydrogens is 274 g/mol. The van der Waals surface area contributed by atoms with Crippen molar-refractivity contribution in [1.29, 1.82) is 0 Å². The average molecular weight is 295 g/mol. The predicted molar refractivity (Wildman–Crippen MR) is 78.4 cm³/mol. The van der Waals surface area contributed by atoms with Gasteiger partial charge in [-0.15, -0.1) is 0 Å². The quantitative estimate of drug-likeness (QED) is 0.302. The first-order chi connectivity index (χ1) is 10.0. The Labute approximate surface area is 124 Å². The van der Waals surface area contributed by atoms with Crippen LogP contribution in [0.4, 0.5) is 5.69 Å². The molecule has 0 fully saturated rings. The fraction of sp³-hybridized carbons (Fsp3) is 0.533. The van der Waals surface area contributed by atoms with Crippen LogP contribution in [0.1, 0.15) is 38.2 Å². The molecule has 116 valence electrons. The Kier molecular flexibility index (Phi) is 7.21. The van der Waals surface area contributed by atoms with Crippen LogP contribution in [0, 0.1) is 17.0 Å². The van der Waals surface area contributed by atoms with Crippen molar-refractivity contribution in [3.05, 3.63) is 33.9 Å². The van der Waals surface area contributed by atoms with Gasteiger partial charge in [-0.2, -0.15) is 0 Å². The van der Waals surface area contributed by atoms with Gasteiger partial charge in [0.2, 0.25) is 0 Å². The molecule has 6 nitrogen and oxygen atoms in total. The van der Waals surface area contributed by atoms with E-state index < -0.39 is 4.92 Å². The lowest BCUT2D eigenvalue weighted by Crippen LogP contribution is -2.04. The molecule has 0 radical (unpaired) electrons. The van der Waals surface area contributed by atoms with E-state index in [-0.39, 0.29) is 11.7 Å². The average Bonchev–Trinajstić information content (AvgIpc) is 2.42. The Bertz CT molecular complexity index is 487. The van der Waals surface area contributed by atoms with Crippen molar-refractivity contribution in [3.8, 4) is 5.75 Å². The molecule has 0 aromatic heterocycles. The topological polar surface area (TPSA) is 78.7 Å². The monoisotopic (exact) mass is 295 g/mol. The van der Waals surface area contributed by atoms with Crippen LogP contribution in [0.15, 0.2) is 18.2 Å². The van der Waals surface area contributed by atoms with Crippen LogP contribution in [0.2, 0.25) is 0 Å². The largest absolute Gasteiger partial charge is 0.494 e. The van der Waals surface area contributed by atoms with Gasteiger partial charge in [0, 0.05) is 18.1 Å². The van der Waals surface area contributed by atoms with Crippen LogP contribution in [-0.4, -0.2) is 24.1 Å². The van der Waals surface area contributed by atoms with Gasteiger partial charge in [0.1, 0.15) is 5.75 Å². The van der Waals surface area contributed by atoms with Crippen molar-refractivity contribution in [2.45, 2.75) is 39.5 Å². The molecule has 1 rings (SSSR count). The number of rotatable bonds is 9. The molecular formula is C15H21NO5. The Morgan fingerprint density at radius 3 is 2.67 bits per heavy atom. The van der Waals surface area contributed by atoms with Gasteiger partial charge in [-0.3, -0.25) is 14.9 Å². The number of ether oxygens (including phenoxy) is 2. The summed E-state index contributed by atoms with van der Waals surface area (Å²) in [5.41, 5.74) is 0.677. The zero-order valence-electron chi connectivity index (χ0n) is 12.5. The molecule has 0 bridgehead atoms. The number of nitrogens with zero attached hydrogens (tertiary/aromatic N) is 1. The first kappa shape index (κ1) is 16.9. The van der Waals surface area contributed by atoms with E-state index in [0.717, 1.165) is 19.3 Å². The maximum absolute atomic E-state index is 11.1. The molecule has 0 saturated carbocycles. The summed E-state index contributed by atoms with van der Waals surface area (Å²) in [5.74, 6) is 0.466. The number of aryl methyl sites for hydroxylation is 1. The molecule has 21 heavy (non-hydrogen) atoms. The Morgan fingerprint density at radius 1 is 1.29 bits per heavy atom. The summed E-state index contributed by atoms with van der Waals surface area (Å²) in [6.07, 6.45) is 2.92. The number of hydrogen-bond donors (Lipinski definition) is 0. The predicted octanol–water partition coefficient (Wildman–Crippen LogP) is 3.41. The van der Waals surface area contributed by atoms with Crippen molar-refractivity contribution in [1.82, 2.24) is 0 Å².